The van der Waals surface area contributed by atoms with Gasteiger partial charge in [0.1, 0.15) is 11.4 Å². The van der Waals surface area contributed by atoms with Gasteiger partial charge in [-0.15, -0.1) is 11.8 Å². The van der Waals surface area contributed by atoms with Gasteiger partial charge in [0.05, 0.1) is 6.61 Å². The minimum absolute atomic E-state index is 0.0492. The number of thioether (sulfide) groups is 1. The summed E-state index contributed by atoms with van der Waals surface area (Å²) in [4.78, 5) is 26.9. The maximum absolute atomic E-state index is 12.7. The van der Waals surface area contributed by atoms with E-state index < -0.39 is 6.04 Å². The summed E-state index contributed by atoms with van der Waals surface area (Å²) in [7, 11) is 0. The fourth-order valence-corrected chi connectivity index (χ4v) is 4.17. The molecule has 0 spiro atoms. The van der Waals surface area contributed by atoms with Gasteiger partial charge in [0, 0.05) is 12.2 Å². The quantitative estimate of drug-likeness (QED) is 0.522. The van der Waals surface area contributed by atoms with E-state index in [9.17, 15) is 9.59 Å². The van der Waals surface area contributed by atoms with Crippen LogP contribution in [0.15, 0.2) is 30.3 Å². The zero-order valence-corrected chi connectivity index (χ0v) is 15.4. The van der Waals surface area contributed by atoms with Crippen molar-refractivity contribution in [2.24, 2.45) is 0 Å². The summed E-state index contributed by atoms with van der Waals surface area (Å²) >= 11 is 1.65. The van der Waals surface area contributed by atoms with Gasteiger partial charge in [0.15, 0.2) is 0 Å². The first-order valence-corrected chi connectivity index (χ1v) is 9.88. The summed E-state index contributed by atoms with van der Waals surface area (Å²) in [6.07, 6.45) is 4.14. The largest absolute Gasteiger partial charge is 0.464 e. The monoisotopic (exact) mass is 349 g/mol. The van der Waals surface area contributed by atoms with Gasteiger partial charge in [-0.25, -0.2) is 4.79 Å². The average Bonchev–Trinajstić information content (AvgIpc) is 3.05. The van der Waals surface area contributed by atoms with Crippen LogP contribution < -0.4 is 0 Å². The standard InChI is InChI=1S/C19H27NO3S/c1-3-5-12-17(21)20-16(19(22)23-13-6-4-2)14-24-18(20)15-10-8-7-9-11-15/h7-11,16,18H,3-6,12-14H2,1-2H3/t16-,18+/m1/s1. The molecule has 2 atom stereocenters. The molecule has 0 saturated carbocycles. The summed E-state index contributed by atoms with van der Waals surface area (Å²) in [6.45, 7) is 4.56. The van der Waals surface area contributed by atoms with Crippen molar-refractivity contribution in [3.05, 3.63) is 35.9 Å². The molecule has 1 aromatic rings. The van der Waals surface area contributed by atoms with E-state index in [1.165, 1.54) is 0 Å². The molecule has 1 saturated heterocycles. The fraction of sp³-hybridized carbons (Fsp3) is 0.579. The fourth-order valence-electron chi connectivity index (χ4n) is 2.74. The number of rotatable bonds is 8. The molecule has 4 nitrogen and oxygen atoms in total. The second kappa shape index (κ2) is 9.72. The zero-order valence-electron chi connectivity index (χ0n) is 14.6. The molecule has 0 aliphatic carbocycles. The predicted molar refractivity (Wildman–Crippen MR) is 97.7 cm³/mol. The number of esters is 1. The van der Waals surface area contributed by atoms with E-state index in [1.54, 1.807) is 16.7 Å². The van der Waals surface area contributed by atoms with Gasteiger partial charge in [-0.05, 0) is 18.4 Å². The highest BCUT2D eigenvalue weighted by molar-refractivity contribution is 7.99. The third kappa shape index (κ3) is 4.76. The van der Waals surface area contributed by atoms with Crippen LogP contribution in [0.3, 0.4) is 0 Å². The first-order valence-electron chi connectivity index (χ1n) is 8.83. The number of carbonyl (C=O) groups is 2. The summed E-state index contributed by atoms with van der Waals surface area (Å²) in [5.41, 5.74) is 1.07. The van der Waals surface area contributed by atoms with Crippen molar-refractivity contribution in [3.63, 3.8) is 0 Å². The van der Waals surface area contributed by atoms with E-state index >= 15 is 0 Å². The van der Waals surface area contributed by atoms with Crippen molar-refractivity contribution in [2.45, 2.75) is 57.4 Å². The van der Waals surface area contributed by atoms with E-state index in [4.69, 9.17) is 4.74 Å². The van der Waals surface area contributed by atoms with Crippen molar-refractivity contribution in [3.8, 4) is 0 Å². The van der Waals surface area contributed by atoms with E-state index in [0.29, 0.717) is 18.8 Å². The molecule has 24 heavy (non-hydrogen) atoms. The molecule has 132 valence electrons. The molecule has 0 radical (unpaired) electrons. The molecule has 1 heterocycles. The molecular weight excluding hydrogens is 322 g/mol. The zero-order chi connectivity index (χ0) is 17.4. The molecule has 0 unspecified atom stereocenters. The van der Waals surface area contributed by atoms with Gasteiger partial charge in [-0.3, -0.25) is 4.79 Å². The lowest BCUT2D eigenvalue weighted by Gasteiger charge is -2.28. The van der Waals surface area contributed by atoms with Crippen LogP contribution in [-0.2, 0) is 14.3 Å². The smallest absolute Gasteiger partial charge is 0.329 e. The van der Waals surface area contributed by atoms with Crippen LogP contribution in [0.4, 0.5) is 0 Å². The van der Waals surface area contributed by atoms with Gasteiger partial charge >= 0.3 is 5.97 Å². The van der Waals surface area contributed by atoms with Gasteiger partial charge < -0.3 is 9.64 Å². The summed E-state index contributed by atoms with van der Waals surface area (Å²) in [5.74, 6) is 0.384. The minimum atomic E-state index is -0.471. The van der Waals surface area contributed by atoms with Gasteiger partial charge in [-0.2, -0.15) is 0 Å². The number of hydrogen-bond donors (Lipinski definition) is 0. The highest BCUT2D eigenvalue weighted by Gasteiger charge is 2.42. The third-order valence-corrected chi connectivity index (χ3v) is 5.45. The summed E-state index contributed by atoms with van der Waals surface area (Å²) < 4.78 is 5.39. The maximum atomic E-state index is 12.7. The van der Waals surface area contributed by atoms with Crippen molar-refractivity contribution >= 4 is 23.6 Å². The van der Waals surface area contributed by atoms with Crippen LogP contribution in [-0.4, -0.2) is 35.2 Å². The summed E-state index contributed by atoms with van der Waals surface area (Å²) in [5, 5.41) is -0.0979. The lowest BCUT2D eigenvalue weighted by molar-refractivity contribution is -0.154. The topological polar surface area (TPSA) is 46.6 Å². The van der Waals surface area contributed by atoms with Crippen LogP contribution >= 0.6 is 11.8 Å². The van der Waals surface area contributed by atoms with E-state index in [0.717, 1.165) is 31.2 Å². The number of amides is 1. The Morgan fingerprint density at radius 2 is 1.88 bits per heavy atom. The molecular formula is C19H27NO3S. The number of hydrogen-bond acceptors (Lipinski definition) is 4. The molecule has 1 amide bonds. The van der Waals surface area contributed by atoms with Crippen molar-refractivity contribution in [1.29, 1.82) is 0 Å². The number of carbonyl (C=O) groups excluding carboxylic acids is 2. The van der Waals surface area contributed by atoms with Crippen molar-refractivity contribution in [2.75, 3.05) is 12.4 Å². The highest BCUT2D eigenvalue weighted by atomic mass is 32.2. The molecule has 0 bridgehead atoms. The highest BCUT2D eigenvalue weighted by Crippen LogP contribution is 2.42. The number of benzene rings is 1. The van der Waals surface area contributed by atoms with Crippen LogP contribution in [0.25, 0.3) is 0 Å². The Kier molecular flexibility index (Phi) is 7.63. The summed E-state index contributed by atoms with van der Waals surface area (Å²) in [6, 6.07) is 9.46. The van der Waals surface area contributed by atoms with Crippen LogP contribution in [0.5, 0.6) is 0 Å². The number of nitrogens with zero attached hydrogens (tertiary/aromatic N) is 1. The first kappa shape index (κ1) is 18.8. The Hall–Kier alpha value is -1.49. The molecule has 2 rings (SSSR count). The molecule has 0 N–H and O–H groups in total. The Bertz CT molecular complexity index is 535. The Morgan fingerprint density at radius 3 is 2.54 bits per heavy atom. The van der Waals surface area contributed by atoms with Gasteiger partial charge in [0.2, 0.25) is 5.91 Å². The predicted octanol–water partition coefficient (Wildman–Crippen LogP) is 4.16. The molecule has 1 fully saturated rings. The van der Waals surface area contributed by atoms with Crippen LogP contribution in [0.2, 0.25) is 0 Å². The molecule has 5 heteroatoms. The van der Waals surface area contributed by atoms with Gasteiger partial charge in [0.25, 0.3) is 0 Å². The minimum Gasteiger partial charge on any atom is -0.464 e. The maximum Gasteiger partial charge on any atom is 0.329 e. The molecule has 1 aliphatic rings. The Morgan fingerprint density at radius 1 is 1.17 bits per heavy atom. The average molecular weight is 349 g/mol. The molecule has 1 aliphatic heterocycles. The van der Waals surface area contributed by atoms with E-state index in [-0.39, 0.29) is 17.3 Å². The van der Waals surface area contributed by atoms with Crippen LogP contribution in [0, 0.1) is 0 Å². The Balaban J connectivity index is 2.14. The van der Waals surface area contributed by atoms with E-state index in [1.807, 2.05) is 30.3 Å². The van der Waals surface area contributed by atoms with Crippen molar-refractivity contribution in [1.82, 2.24) is 4.90 Å². The third-order valence-electron chi connectivity index (χ3n) is 4.13. The lowest BCUT2D eigenvalue weighted by atomic mass is 10.1. The SMILES string of the molecule is CCCCOC(=O)[C@H]1CS[C@@H](c2ccccc2)N1C(=O)CCCC. The van der Waals surface area contributed by atoms with Crippen LogP contribution in [0.1, 0.15) is 56.9 Å². The number of unbranched alkanes of at least 4 members (excludes halogenated alkanes) is 2. The second-order valence-corrected chi connectivity index (χ2v) is 7.15. The Labute approximate surface area is 148 Å². The number of ether oxygens (including phenoxy) is 1. The molecule has 1 aromatic carbocycles. The first-order chi connectivity index (χ1) is 11.7. The second-order valence-electron chi connectivity index (χ2n) is 6.04. The van der Waals surface area contributed by atoms with Crippen molar-refractivity contribution < 1.29 is 14.3 Å². The van der Waals surface area contributed by atoms with Gasteiger partial charge in [-0.1, -0.05) is 57.0 Å². The normalized spacial score (nSPS) is 20.2. The molecule has 0 aromatic heterocycles. The van der Waals surface area contributed by atoms with E-state index in [2.05, 4.69) is 13.8 Å². The lowest BCUT2D eigenvalue weighted by Crippen LogP contribution is -2.43.